The molecule has 0 aliphatic carbocycles. The van der Waals surface area contributed by atoms with Gasteiger partial charge in [-0.05, 0) is 117 Å². The van der Waals surface area contributed by atoms with Crippen LogP contribution in [-0.2, 0) is 34.6 Å². The molecule has 2 amide bonds. The van der Waals surface area contributed by atoms with Crippen molar-refractivity contribution < 1.29 is 42.4 Å². The smallest absolute Gasteiger partial charge is 0.419 e. The average Bonchev–Trinajstić information content (AvgIpc) is 3.00. The maximum absolute atomic E-state index is 14.9. The number of rotatable bonds is 12. The molecule has 51 heavy (non-hydrogen) atoms. The van der Waals surface area contributed by atoms with Crippen LogP contribution >= 0.6 is 7.37 Å². The quantitative estimate of drug-likeness (QED) is 0.0906. The van der Waals surface area contributed by atoms with Crippen molar-refractivity contribution in [2.75, 3.05) is 39.5 Å². The van der Waals surface area contributed by atoms with Gasteiger partial charge in [0.2, 0.25) is 7.37 Å². The molecular formula is C39H59N2O9P. The van der Waals surface area contributed by atoms with Gasteiger partial charge in [0.25, 0.3) is 0 Å². The molecular weight excluding hydrogens is 671 g/mol. The summed E-state index contributed by atoms with van der Waals surface area (Å²) in [5.41, 5.74) is 0.543. The topological polar surface area (TPSA) is 121 Å². The fraction of sp³-hybridized carbons (Fsp3) is 0.615. The zero-order valence-corrected chi connectivity index (χ0v) is 33.4. The van der Waals surface area contributed by atoms with Crippen LogP contribution in [0.5, 0.6) is 5.75 Å². The van der Waals surface area contributed by atoms with Gasteiger partial charge in [-0.2, -0.15) is 0 Å². The summed E-state index contributed by atoms with van der Waals surface area (Å²) in [5.74, 6) is 0.151. The Labute approximate surface area is 304 Å². The summed E-state index contributed by atoms with van der Waals surface area (Å²) in [4.78, 5) is 43.7. The molecule has 1 saturated heterocycles. The minimum Gasteiger partial charge on any atom is -0.497 e. The molecule has 11 nitrogen and oxygen atoms in total. The lowest BCUT2D eigenvalue weighted by Gasteiger charge is -2.46. The third kappa shape index (κ3) is 11.8. The van der Waals surface area contributed by atoms with Gasteiger partial charge in [-0.25, -0.2) is 14.5 Å². The highest BCUT2D eigenvalue weighted by atomic mass is 31.2. The van der Waals surface area contributed by atoms with E-state index in [9.17, 15) is 18.9 Å². The summed E-state index contributed by atoms with van der Waals surface area (Å²) < 4.78 is 43.6. The van der Waals surface area contributed by atoms with Crippen LogP contribution in [0.15, 0.2) is 48.5 Å². The maximum atomic E-state index is 14.9. The van der Waals surface area contributed by atoms with E-state index in [0.29, 0.717) is 25.9 Å². The van der Waals surface area contributed by atoms with Crippen LogP contribution in [0, 0.1) is 0 Å². The highest BCUT2D eigenvalue weighted by Gasteiger charge is 2.59. The van der Waals surface area contributed by atoms with Crippen molar-refractivity contribution >= 4 is 25.5 Å². The summed E-state index contributed by atoms with van der Waals surface area (Å²) in [7, 11) is -1.98. The fourth-order valence-corrected chi connectivity index (χ4v) is 9.04. The van der Waals surface area contributed by atoms with Gasteiger partial charge < -0.3 is 23.5 Å². The molecule has 1 aliphatic heterocycles. The number of esters is 1. The van der Waals surface area contributed by atoms with Crippen molar-refractivity contribution in [3.63, 3.8) is 0 Å². The Morgan fingerprint density at radius 1 is 0.843 bits per heavy atom. The Morgan fingerprint density at radius 3 is 1.96 bits per heavy atom. The molecule has 1 heterocycles. The van der Waals surface area contributed by atoms with Crippen LogP contribution in [0.25, 0.3) is 11.1 Å². The number of hydrogen-bond acceptors (Lipinski definition) is 10. The van der Waals surface area contributed by atoms with E-state index in [1.54, 1.807) is 76.3 Å². The highest BCUT2D eigenvalue weighted by molar-refractivity contribution is 7.62. The Hall–Kier alpha value is -3.40. The number of carbonyl (C=O) groups is 3. The van der Waals surface area contributed by atoms with Gasteiger partial charge >= 0.3 is 18.2 Å². The fourth-order valence-electron chi connectivity index (χ4n) is 6.03. The number of amides is 2. The summed E-state index contributed by atoms with van der Waals surface area (Å²) >= 11 is 0. The molecule has 2 aromatic carbocycles. The monoisotopic (exact) mass is 730 g/mol. The predicted octanol–water partition coefficient (Wildman–Crippen LogP) is 8.92. The third-order valence-corrected chi connectivity index (χ3v) is 11.5. The van der Waals surface area contributed by atoms with Crippen molar-refractivity contribution in [3.8, 4) is 16.9 Å². The molecule has 1 fully saturated rings. The minimum absolute atomic E-state index is 0.0246. The number of carbonyl (C=O) groups excluding carboxylic acids is 3. The van der Waals surface area contributed by atoms with Gasteiger partial charge in [-0.3, -0.25) is 14.3 Å². The first-order chi connectivity index (χ1) is 23.6. The molecule has 0 saturated carbocycles. The van der Waals surface area contributed by atoms with E-state index in [4.69, 9.17) is 23.5 Å². The van der Waals surface area contributed by atoms with E-state index in [-0.39, 0.29) is 32.3 Å². The van der Waals surface area contributed by atoms with Crippen LogP contribution in [-0.4, -0.2) is 89.4 Å². The van der Waals surface area contributed by atoms with E-state index < -0.39 is 47.5 Å². The number of ether oxygens (including phenoxy) is 4. The van der Waals surface area contributed by atoms with E-state index >= 15 is 0 Å². The van der Waals surface area contributed by atoms with Gasteiger partial charge in [0, 0.05) is 32.3 Å². The van der Waals surface area contributed by atoms with Crippen LogP contribution in [0.3, 0.4) is 0 Å². The molecule has 0 N–H and O–H groups in total. The molecule has 284 valence electrons. The van der Waals surface area contributed by atoms with Crippen LogP contribution < -0.4 is 4.74 Å². The Kier molecular flexibility index (Phi) is 14.0. The number of benzene rings is 2. The molecule has 0 aromatic heterocycles. The van der Waals surface area contributed by atoms with Crippen molar-refractivity contribution in [1.82, 2.24) is 9.80 Å². The zero-order chi connectivity index (χ0) is 38.3. The molecule has 1 aliphatic rings. The Balaban J connectivity index is 1.97. The van der Waals surface area contributed by atoms with Crippen LogP contribution in [0.2, 0.25) is 0 Å². The maximum Gasteiger partial charge on any atom is 0.419 e. The van der Waals surface area contributed by atoms with Crippen molar-refractivity contribution in [3.05, 3.63) is 54.1 Å². The Morgan fingerprint density at radius 2 is 1.43 bits per heavy atom. The van der Waals surface area contributed by atoms with E-state index in [1.165, 1.54) is 0 Å². The van der Waals surface area contributed by atoms with E-state index in [2.05, 4.69) is 4.90 Å². The summed E-state index contributed by atoms with van der Waals surface area (Å²) in [6.07, 6.45) is -0.693. The molecule has 0 bridgehead atoms. The number of imide groups is 1. The SMILES string of the molecule is CCOP1(=O)CCN(Cc2ccc(OC)cc2-c2ccccc2)C[C@@]1(CCCCN(C(=O)OC(C)(C)C)C(=O)OC(C)(C)C)C(=O)OC(C)(C)C. The Bertz CT molecular complexity index is 1510. The van der Waals surface area contributed by atoms with Crippen molar-refractivity contribution in [2.45, 2.75) is 117 Å². The van der Waals surface area contributed by atoms with Crippen LogP contribution in [0.1, 0.15) is 94.1 Å². The summed E-state index contributed by atoms with van der Waals surface area (Å²) in [5, 5.41) is -1.49. The van der Waals surface area contributed by atoms with Gasteiger partial charge in [0.1, 0.15) is 22.6 Å². The first kappa shape index (κ1) is 42.0. The molecule has 0 spiro atoms. The standard InChI is InChI=1S/C39H59N2O9P/c1-12-47-51(45)25-24-40(27-30-20-21-31(46-11)26-32(30)29-18-14-13-15-19-29)28-39(51,33(42)48-36(2,3)4)22-16-17-23-41(34(43)49-37(5,6)7)35(44)50-38(8,9)10/h13-15,18-21,26H,12,16-17,22-25,27-28H2,1-11H3/t39-,51?/m0/s1. The molecule has 2 atom stereocenters. The lowest BCUT2D eigenvalue weighted by atomic mass is 9.96. The molecule has 12 heteroatoms. The normalized spacial score (nSPS) is 20.0. The number of methoxy groups -OCH3 is 1. The third-order valence-electron chi connectivity index (χ3n) is 8.21. The van der Waals surface area contributed by atoms with Crippen molar-refractivity contribution in [2.24, 2.45) is 0 Å². The lowest BCUT2D eigenvalue weighted by Crippen LogP contribution is -2.56. The second-order valence-corrected chi connectivity index (χ2v) is 18.9. The lowest BCUT2D eigenvalue weighted by molar-refractivity contribution is -0.160. The van der Waals surface area contributed by atoms with E-state index in [0.717, 1.165) is 27.3 Å². The first-order valence-corrected chi connectivity index (χ1v) is 19.6. The average molecular weight is 731 g/mol. The van der Waals surface area contributed by atoms with Gasteiger partial charge in [-0.1, -0.05) is 36.4 Å². The molecule has 2 aromatic rings. The minimum atomic E-state index is -3.61. The zero-order valence-electron chi connectivity index (χ0n) is 32.5. The number of nitrogens with zero attached hydrogens (tertiary/aromatic N) is 2. The summed E-state index contributed by atoms with van der Waals surface area (Å²) in [6, 6.07) is 16.0. The van der Waals surface area contributed by atoms with Crippen LogP contribution in [0.4, 0.5) is 9.59 Å². The largest absolute Gasteiger partial charge is 0.497 e. The summed E-state index contributed by atoms with van der Waals surface area (Å²) in [6.45, 7) is 18.7. The van der Waals surface area contributed by atoms with Gasteiger partial charge in [0.05, 0.1) is 13.7 Å². The van der Waals surface area contributed by atoms with E-state index in [1.807, 2.05) is 48.5 Å². The molecule has 1 unspecified atom stereocenters. The molecule has 3 rings (SSSR count). The van der Waals surface area contributed by atoms with Gasteiger partial charge in [-0.15, -0.1) is 0 Å². The predicted molar refractivity (Wildman–Crippen MR) is 199 cm³/mol. The second-order valence-electron chi connectivity index (χ2n) is 16.0. The molecule has 0 radical (unpaired) electrons. The van der Waals surface area contributed by atoms with Gasteiger partial charge in [0.15, 0.2) is 5.16 Å². The highest BCUT2D eigenvalue weighted by Crippen LogP contribution is 2.64. The second kappa shape index (κ2) is 17.0. The van der Waals surface area contributed by atoms with Crippen molar-refractivity contribution in [1.29, 1.82) is 0 Å². The first-order valence-electron chi connectivity index (χ1n) is 17.8. The number of unbranched alkanes of at least 4 members (excludes halogenated alkanes) is 1. The number of hydrogen-bond donors (Lipinski definition) is 0.